The van der Waals surface area contributed by atoms with Gasteiger partial charge in [-0.2, -0.15) is 0 Å². The molecule has 2 N–H and O–H groups in total. The smallest absolute Gasteiger partial charge is 0.107 e. The fourth-order valence-corrected chi connectivity index (χ4v) is 2.30. The van der Waals surface area contributed by atoms with Gasteiger partial charge in [0.25, 0.3) is 0 Å². The van der Waals surface area contributed by atoms with Crippen LogP contribution in [0.3, 0.4) is 0 Å². The summed E-state index contributed by atoms with van der Waals surface area (Å²) in [6.07, 6.45) is 4.24. The molecule has 0 aliphatic carbocycles. The van der Waals surface area contributed by atoms with Crippen LogP contribution >= 0.6 is 11.3 Å². The highest BCUT2D eigenvalue weighted by molar-refractivity contribution is 7.11. The van der Waals surface area contributed by atoms with E-state index in [1.807, 2.05) is 17.5 Å². The van der Waals surface area contributed by atoms with Crippen LogP contribution in [0.1, 0.15) is 44.0 Å². The van der Waals surface area contributed by atoms with Gasteiger partial charge in [0.15, 0.2) is 0 Å². The van der Waals surface area contributed by atoms with E-state index in [0.29, 0.717) is 0 Å². The number of aromatic nitrogens is 1. The van der Waals surface area contributed by atoms with Crippen LogP contribution in [-0.4, -0.2) is 23.6 Å². The topological polar surface area (TPSA) is 37.0 Å². The zero-order valence-corrected chi connectivity index (χ0v) is 12.3. The molecule has 1 rings (SSSR count). The lowest BCUT2D eigenvalue weighted by molar-refractivity contribution is 0.418. The Bertz CT molecular complexity index is 315. The second-order valence-electron chi connectivity index (χ2n) is 5.28. The SMILES string of the molecule is CCc1cnc(CNCCCNC(C)(C)C)s1. The van der Waals surface area contributed by atoms with E-state index in [2.05, 4.69) is 43.3 Å². The van der Waals surface area contributed by atoms with Crippen molar-refractivity contribution < 1.29 is 0 Å². The Morgan fingerprint density at radius 1 is 1.29 bits per heavy atom. The number of nitrogens with zero attached hydrogens (tertiary/aromatic N) is 1. The second kappa shape index (κ2) is 7.09. The minimum Gasteiger partial charge on any atom is -0.312 e. The van der Waals surface area contributed by atoms with E-state index >= 15 is 0 Å². The molecule has 1 aromatic heterocycles. The highest BCUT2D eigenvalue weighted by atomic mass is 32.1. The summed E-state index contributed by atoms with van der Waals surface area (Å²) >= 11 is 1.81. The number of nitrogens with one attached hydrogen (secondary N) is 2. The number of rotatable bonds is 7. The Morgan fingerprint density at radius 2 is 2.06 bits per heavy atom. The molecule has 98 valence electrons. The minimum absolute atomic E-state index is 0.228. The van der Waals surface area contributed by atoms with E-state index in [9.17, 15) is 0 Å². The zero-order chi connectivity index (χ0) is 12.7. The van der Waals surface area contributed by atoms with Crippen molar-refractivity contribution in [1.82, 2.24) is 15.6 Å². The molecule has 0 aromatic carbocycles. The van der Waals surface area contributed by atoms with Gasteiger partial charge in [0.05, 0.1) is 0 Å². The molecule has 1 aromatic rings. The first kappa shape index (κ1) is 14.6. The van der Waals surface area contributed by atoms with Crippen molar-refractivity contribution in [2.24, 2.45) is 0 Å². The third-order valence-corrected chi connectivity index (χ3v) is 3.55. The van der Waals surface area contributed by atoms with Crippen LogP contribution in [0.25, 0.3) is 0 Å². The van der Waals surface area contributed by atoms with Crippen LogP contribution in [0.4, 0.5) is 0 Å². The summed E-state index contributed by atoms with van der Waals surface area (Å²) in [5, 5.41) is 8.11. The minimum atomic E-state index is 0.228. The van der Waals surface area contributed by atoms with Crippen molar-refractivity contribution in [3.63, 3.8) is 0 Å². The molecule has 0 aliphatic rings. The quantitative estimate of drug-likeness (QED) is 0.735. The monoisotopic (exact) mass is 255 g/mol. The fraction of sp³-hybridized carbons (Fsp3) is 0.769. The standard InChI is InChI=1S/C13H25N3S/c1-5-11-9-15-12(17-11)10-14-7-6-8-16-13(2,3)4/h9,14,16H,5-8,10H2,1-4H3. The summed E-state index contributed by atoms with van der Waals surface area (Å²) in [5.74, 6) is 0. The van der Waals surface area contributed by atoms with Gasteiger partial charge in [-0.15, -0.1) is 11.3 Å². The summed E-state index contributed by atoms with van der Waals surface area (Å²) in [6.45, 7) is 11.8. The van der Waals surface area contributed by atoms with Crippen molar-refractivity contribution in [3.05, 3.63) is 16.1 Å². The summed E-state index contributed by atoms with van der Waals surface area (Å²) in [4.78, 5) is 5.76. The maximum absolute atomic E-state index is 4.38. The molecule has 0 unspecified atom stereocenters. The number of aryl methyl sites for hydroxylation is 1. The maximum atomic E-state index is 4.38. The Labute approximate surface area is 109 Å². The molecule has 1 heterocycles. The number of thiazole rings is 1. The van der Waals surface area contributed by atoms with Crippen molar-refractivity contribution in [3.8, 4) is 0 Å². The summed E-state index contributed by atoms with van der Waals surface area (Å²) in [6, 6.07) is 0. The molecule has 0 bridgehead atoms. The first-order valence-electron chi connectivity index (χ1n) is 6.40. The van der Waals surface area contributed by atoms with Gasteiger partial charge in [-0.1, -0.05) is 6.92 Å². The molecule has 0 atom stereocenters. The molecular weight excluding hydrogens is 230 g/mol. The molecule has 17 heavy (non-hydrogen) atoms. The van der Waals surface area contributed by atoms with Gasteiger partial charge in [0.2, 0.25) is 0 Å². The molecule has 0 amide bonds. The lowest BCUT2D eigenvalue weighted by Crippen LogP contribution is -2.37. The highest BCUT2D eigenvalue weighted by Gasteiger charge is 2.06. The Balaban J connectivity index is 2.04. The Kier molecular flexibility index (Phi) is 6.09. The summed E-state index contributed by atoms with van der Waals surface area (Å²) in [5.41, 5.74) is 0.228. The molecular formula is C13H25N3S. The van der Waals surface area contributed by atoms with E-state index in [1.165, 1.54) is 9.88 Å². The second-order valence-corrected chi connectivity index (χ2v) is 6.48. The van der Waals surface area contributed by atoms with Crippen LogP contribution in [0.15, 0.2) is 6.20 Å². The van der Waals surface area contributed by atoms with Gasteiger partial charge >= 0.3 is 0 Å². The van der Waals surface area contributed by atoms with Crippen molar-refractivity contribution >= 4 is 11.3 Å². The number of hydrogen-bond donors (Lipinski definition) is 2. The van der Waals surface area contributed by atoms with Crippen LogP contribution in [-0.2, 0) is 13.0 Å². The molecule has 0 radical (unpaired) electrons. The number of hydrogen-bond acceptors (Lipinski definition) is 4. The van der Waals surface area contributed by atoms with Gasteiger partial charge in [-0.25, -0.2) is 4.98 Å². The van der Waals surface area contributed by atoms with E-state index in [4.69, 9.17) is 0 Å². The van der Waals surface area contributed by atoms with Crippen LogP contribution in [0.2, 0.25) is 0 Å². The molecule has 0 saturated heterocycles. The third kappa shape index (κ3) is 6.76. The molecule has 0 saturated carbocycles. The maximum Gasteiger partial charge on any atom is 0.107 e. The lowest BCUT2D eigenvalue weighted by atomic mass is 10.1. The molecule has 0 spiro atoms. The van der Waals surface area contributed by atoms with Crippen molar-refractivity contribution in [1.29, 1.82) is 0 Å². The molecule has 0 fully saturated rings. The van der Waals surface area contributed by atoms with Gasteiger partial charge in [0.1, 0.15) is 5.01 Å². The van der Waals surface area contributed by atoms with E-state index in [1.54, 1.807) is 0 Å². The van der Waals surface area contributed by atoms with Crippen molar-refractivity contribution in [2.75, 3.05) is 13.1 Å². The van der Waals surface area contributed by atoms with Crippen LogP contribution in [0, 0.1) is 0 Å². The first-order valence-corrected chi connectivity index (χ1v) is 7.22. The van der Waals surface area contributed by atoms with Crippen LogP contribution in [0.5, 0.6) is 0 Å². The van der Waals surface area contributed by atoms with Crippen molar-refractivity contribution in [2.45, 2.75) is 52.6 Å². The predicted octanol–water partition coefficient (Wildman–Crippen LogP) is 2.57. The van der Waals surface area contributed by atoms with Gasteiger partial charge in [-0.3, -0.25) is 0 Å². The van der Waals surface area contributed by atoms with E-state index in [0.717, 1.165) is 32.5 Å². The lowest BCUT2D eigenvalue weighted by Gasteiger charge is -2.20. The molecule has 3 nitrogen and oxygen atoms in total. The summed E-state index contributed by atoms with van der Waals surface area (Å²) in [7, 11) is 0. The van der Waals surface area contributed by atoms with Gasteiger partial charge in [0, 0.05) is 23.2 Å². The first-order chi connectivity index (χ1) is 8.01. The Morgan fingerprint density at radius 3 is 2.65 bits per heavy atom. The van der Waals surface area contributed by atoms with Gasteiger partial charge in [-0.05, 0) is 46.7 Å². The van der Waals surface area contributed by atoms with E-state index in [-0.39, 0.29) is 5.54 Å². The largest absolute Gasteiger partial charge is 0.312 e. The molecule has 4 heteroatoms. The zero-order valence-electron chi connectivity index (χ0n) is 11.5. The Hall–Kier alpha value is -0.450. The third-order valence-electron chi connectivity index (χ3n) is 2.41. The average Bonchev–Trinajstić information content (AvgIpc) is 2.69. The normalized spacial score (nSPS) is 12.0. The van der Waals surface area contributed by atoms with E-state index < -0.39 is 0 Å². The predicted molar refractivity (Wildman–Crippen MR) is 75.6 cm³/mol. The highest BCUT2D eigenvalue weighted by Crippen LogP contribution is 2.12. The fourth-order valence-electron chi connectivity index (χ4n) is 1.47. The van der Waals surface area contributed by atoms with Crippen LogP contribution < -0.4 is 10.6 Å². The molecule has 0 aliphatic heterocycles. The summed E-state index contributed by atoms with van der Waals surface area (Å²) < 4.78 is 0. The average molecular weight is 255 g/mol. The van der Waals surface area contributed by atoms with Gasteiger partial charge < -0.3 is 10.6 Å².